The van der Waals surface area contributed by atoms with Crippen molar-refractivity contribution in [2.45, 2.75) is 23.4 Å². The number of nitrogens with one attached hydrogen (secondary N) is 1. The molecule has 0 aliphatic carbocycles. The average molecular weight is 462 g/mol. The Bertz CT molecular complexity index is 1710. The monoisotopic (exact) mass is 461 g/mol. The fraction of sp³-hybridized carbons (Fsp3) is 0.130. The van der Waals surface area contributed by atoms with Crippen molar-refractivity contribution in [1.29, 1.82) is 0 Å². The van der Waals surface area contributed by atoms with Crippen molar-refractivity contribution in [3.63, 3.8) is 0 Å². The van der Waals surface area contributed by atoms with Gasteiger partial charge in [0.2, 0.25) is 9.84 Å². The van der Waals surface area contributed by atoms with Crippen molar-refractivity contribution in [2.75, 3.05) is 0 Å². The maximum absolute atomic E-state index is 13.3. The molecule has 5 rings (SSSR count). The number of Topliss-reactive ketones (excluding diaryl/α,β-unsaturated/α-hetero) is 1. The first-order chi connectivity index (χ1) is 15.8. The van der Waals surface area contributed by atoms with Gasteiger partial charge in [0.25, 0.3) is 5.56 Å². The van der Waals surface area contributed by atoms with Crippen LogP contribution in [0, 0.1) is 0 Å². The summed E-state index contributed by atoms with van der Waals surface area (Å²) >= 11 is 0. The van der Waals surface area contributed by atoms with Gasteiger partial charge in [-0.15, -0.1) is 0 Å². The van der Waals surface area contributed by atoms with Gasteiger partial charge in [0.1, 0.15) is 5.52 Å². The molecule has 0 atom stereocenters. The molecule has 0 amide bonds. The minimum absolute atomic E-state index is 0.0538. The molecule has 9 nitrogen and oxygen atoms in total. The van der Waals surface area contributed by atoms with Gasteiger partial charge in [0.05, 0.1) is 23.2 Å². The number of rotatable bonds is 5. The maximum atomic E-state index is 13.3. The molecular weight excluding hydrogens is 442 g/mol. The van der Waals surface area contributed by atoms with Crippen molar-refractivity contribution < 1.29 is 13.2 Å². The van der Waals surface area contributed by atoms with Crippen LogP contribution in [0.2, 0.25) is 0 Å². The molecule has 33 heavy (non-hydrogen) atoms. The summed E-state index contributed by atoms with van der Waals surface area (Å²) in [7, 11) is -2.07. The van der Waals surface area contributed by atoms with Gasteiger partial charge in [0, 0.05) is 29.6 Å². The topological polar surface area (TPSA) is 120 Å². The number of benzene rings is 2. The minimum Gasteiger partial charge on any atom is -0.339 e. The van der Waals surface area contributed by atoms with E-state index in [1.54, 1.807) is 48.1 Å². The number of aryl methyl sites for hydroxylation is 1. The second-order valence-corrected chi connectivity index (χ2v) is 9.68. The zero-order chi connectivity index (χ0) is 23.3. The lowest BCUT2D eigenvalue weighted by molar-refractivity contribution is 0.101. The number of carbonyl (C=O) groups is 1. The molecule has 0 spiro atoms. The fourth-order valence-corrected chi connectivity index (χ4v) is 5.17. The SMILES string of the molecule is CC(=O)c1cccc(Cn2ncc3c4ccc(S(=O)(=O)c5cc[nH]n5)cc4n(C)c3c2=O)c1. The van der Waals surface area contributed by atoms with Crippen LogP contribution >= 0.6 is 0 Å². The smallest absolute Gasteiger partial charge is 0.291 e. The van der Waals surface area contributed by atoms with E-state index in [2.05, 4.69) is 15.3 Å². The van der Waals surface area contributed by atoms with E-state index in [-0.39, 0.29) is 27.8 Å². The summed E-state index contributed by atoms with van der Waals surface area (Å²) < 4.78 is 28.8. The molecule has 0 saturated heterocycles. The number of aromatic amines is 1. The number of carbonyl (C=O) groups excluding carboxylic acids is 1. The molecule has 0 radical (unpaired) electrons. The van der Waals surface area contributed by atoms with Gasteiger partial charge in [-0.2, -0.15) is 10.2 Å². The normalized spacial score (nSPS) is 11.9. The summed E-state index contributed by atoms with van der Waals surface area (Å²) in [5.41, 5.74) is 2.05. The van der Waals surface area contributed by atoms with Gasteiger partial charge in [-0.3, -0.25) is 14.7 Å². The summed E-state index contributed by atoms with van der Waals surface area (Å²) in [6.45, 7) is 1.70. The number of hydrogen-bond donors (Lipinski definition) is 1. The standard InChI is InChI=1S/C23H19N5O4S/c1-14(29)16-5-3-4-15(10-16)13-28-23(30)22-19(12-25-28)18-7-6-17(11-20(18)27(22)2)33(31,32)21-8-9-24-26-21/h3-12H,13H2,1-2H3,(H,24,26). The highest BCUT2D eigenvalue weighted by molar-refractivity contribution is 7.91. The summed E-state index contributed by atoms with van der Waals surface area (Å²) in [5.74, 6) is -0.0538. The largest absolute Gasteiger partial charge is 0.339 e. The Balaban J connectivity index is 1.64. The Morgan fingerprint density at radius 2 is 1.91 bits per heavy atom. The number of nitrogens with zero attached hydrogens (tertiary/aromatic N) is 4. The van der Waals surface area contributed by atoms with Crippen molar-refractivity contribution in [1.82, 2.24) is 24.5 Å². The van der Waals surface area contributed by atoms with Crippen LogP contribution in [-0.2, 0) is 23.4 Å². The van der Waals surface area contributed by atoms with E-state index < -0.39 is 9.84 Å². The second kappa shape index (κ2) is 7.52. The van der Waals surface area contributed by atoms with Gasteiger partial charge in [-0.1, -0.05) is 24.3 Å². The Labute approximate surface area is 188 Å². The summed E-state index contributed by atoms with van der Waals surface area (Å²) in [4.78, 5) is 25.0. The highest BCUT2D eigenvalue weighted by Gasteiger charge is 2.22. The Kier molecular flexibility index (Phi) is 4.75. The quantitative estimate of drug-likeness (QED) is 0.402. The van der Waals surface area contributed by atoms with Gasteiger partial charge >= 0.3 is 0 Å². The average Bonchev–Trinajstić information content (AvgIpc) is 3.44. The van der Waals surface area contributed by atoms with Crippen LogP contribution in [0.5, 0.6) is 0 Å². The van der Waals surface area contributed by atoms with Gasteiger partial charge in [-0.25, -0.2) is 13.1 Å². The molecule has 0 aliphatic heterocycles. The van der Waals surface area contributed by atoms with Crippen LogP contribution in [0.4, 0.5) is 0 Å². The van der Waals surface area contributed by atoms with Crippen molar-refractivity contribution in [2.24, 2.45) is 7.05 Å². The van der Waals surface area contributed by atoms with Crippen LogP contribution in [-0.4, -0.2) is 38.7 Å². The molecule has 3 aromatic heterocycles. The third kappa shape index (κ3) is 3.35. The lowest BCUT2D eigenvalue weighted by Crippen LogP contribution is -2.24. The second-order valence-electron chi connectivity index (χ2n) is 7.78. The maximum Gasteiger partial charge on any atom is 0.291 e. The van der Waals surface area contributed by atoms with E-state index >= 15 is 0 Å². The number of ketones is 1. The van der Waals surface area contributed by atoms with E-state index in [0.717, 1.165) is 10.9 Å². The highest BCUT2D eigenvalue weighted by atomic mass is 32.2. The molecule has 0 bridgehead atoms. The van der Waals surface area contributed by atoms with Gasteiger partial charge in [-0.05, 0) is 36.8 Å². The van der Waals surface area contributed by atoms with E-state index in [4.69, 9.17) is 0 Å². The highest BCUT2D eigenvalue weighted by Crippen LogP contribution is 2.29. The third-order valence-corrected chi connectivity index (χ3v) is 7.35. The number of H-pyrrole nitrogens is 1. The molecule has 0 saturated carbocycles. The Morgan fingerprint density at radius 1 is 1.09 bits per heavy atom. The molecular formula is C23H19N5O4S. The van der Waals surface area contributed by atoms with E-state index in [1.807, 2.05) is 6.07 Å². The molecule has 2 aromatic carbocycles. The van der Waals surface area contributed by atoms with E-state index in [9.17, 15) is 18.0 Å². The number of sulfone groups is 1. The van der Waals surface area contributed by atoms with Crippen molar-refractivity contribution >= 4 is 37.4 Å². The lowest BCUT2D eigenvalue weighted by Gasteiger charge is -2.07. The van der Waals surface area contributed by atoms with Crippen LogP contribution in [0.25, 0.3) is 21.8 Å². The van der Waals surface area contributed by atoms with Crippen molar-refractivity contribution in [3.05, 3.63) is 82.4 Å². The zero-order valence-electron chi connectivity index (χ0n) is 17.8. The van der Waals surface area contributed by atoms with Gasteiger partial charge < -0.3 is 4.57 Å². The summed E-state index contributed by atoms with van der Waals surface area (Å²) in [6.07, 6.45) is 3.05. The van der Waals surface area contributed by atoms with Gasteiger partial charge in [0.15, 0.2) is 10.8 Å². The predicted molar refractivity (Wildman–Crippen MR) is 122 cm³/mol. The first-order valence-electron chi connectivity index (χ1n) is 10.1. The first-order valence-corrected chi connectivity index (χ1v) is 11.6. The zero-order valence-corrected chi connectivity index (χ0v) is 18.6. The third-order valence-electron chi connectivity index (χ3n) is 5.70. The molecule has 0 unspecified atom stereocenters. The molecule has 5 aromatic rings. The van der Waals surface area contributed by atoms with Crippen molar-refractivity contribution in [3.8, 4) is 0 Å². The van der Waals surface area contributed by atoms with E-state index in [1.165, 1.54) is 29.9 Å². The van der Waals surface area contributed by atoms with Crippen LogP contribution in [0.1, 0.15) is 22.8 Å². The lowest BCUT2D eigenvalue weighted by atomic mass is 10.1. The predicted octanol–water partition coefficient (Wildman–Crippen LogP) is 2.70. The Hall–Kier alpha value is -4.05. The molecule has 10 heteroatoms. The molecule has 1 N–H and O–H groups in total. The molecule has 3 heterocycles. The van der Waals surface area contributed by atoms with Crippen LogP contribution < -0.4 is 5.56 Å². The molecule has 166 valence electrons. The number of hydrogen-bond acceptors (Lipinski definition) is 6. The number of aromatic nitrogens is 5. The molecule has 0 fully saturated rings. The van der Waals surface area contributed by atoms with Crippen LogP contribution in [0.3, 0.4) is 0 Å². The fourth-order valence-electron chi connectivity index (χ4n) is 4.00. The first kappa shape index (κ1) is 20.8. The minimum atomic E-state index is -3.79. The van der Waals surface area contributed by atoms with Crippen LogP contribution in [0.15, 0.2) is 75.6 Å². The Morgan fingerprint density at radius 3 is 2.64 bits per heavy atom. The van der Waals surface area contributed by atoms with E-state index in [0.29, 0.717) is 22.0 Å². The summed E-state index contributed by atoms with van der Waals surface area (Å²) in [6, 6.07) is 13.2. The molecule has 0 aliphatic rings. The number of fused-ring (bicyclic) bond motifs is 3. The summed E-state index contributed by atoms with van der Waals surface area (Å²) in [5, 5.41) is 11.9.